The first-order chi connectivity index (χ1) is 8.29. The Balaban J connectivity index is 1.94. The van der Waals surface area contributed by atoms with Crippen molar-refractivity contribution in [2.45, 2.75) is 0 Å². The fourth-order valence-corrected chi connectivity index (χ4v) is 3.37. The van der Waals surface area contributed by atoms with Gasteiger partial charge >= 0.3 is 0 Å². The lowest BCUT2D eigenvalue weighted by atomic mass is 10.1. The molecule has 1 aliphatic heterocycles. The third-order valence-corrected chi connectivity index (χ3v) is 4.61. The number of benzene rings is 1. The van der Waals surface area contributed by atoms with Crippen molar-refractivity contribution in [3.63, 3.8) is 0 Å². The van der Waals surface area contributed by atoms with Gasteiger partial charge in [0.05, 0.1) is 12.3 Å². The van der Waals surface area contributed by atoms with Gasteiger partial charge in [0.15, 0.2) is 5.78 Å². The molecule has 1 N–H and O–H groups in total. The molecule has 90 valence electrons. The maximum Gasteiger partial charge on any atom is 0.173 e. The Morgan fingerprint density at radius 1 is 1.59 bits per heavy atom. The number of Topliss-reactive ketones (excluding diaryl/α,β-unsaturated/α-hetero) is 1. The molecule has 0 saturated carbocycles. The zero-order valence-corrected chi connectivity index (χ0v) is 11.2. The molecule has 0 amide bonds. The van der Waals surface area contributed by atoms with E-state index in [4.69, 9.17) is 0 Å². The average molecular weight is 266 g/mol. The lowest BCUT2D eigenvalue weighted by molar-refractivity contribution is 0.102. The van der Waals surface area contributed by atoms with Crippen molar-refractivity contribution in [1.82, 2.24) is 0 Å². The summed E-state index contributed by atoms with van der Waals surface area (Å²) in [5, 5.41) is 3.03. The molecule has 0 fully saturated rings. The van der Waals surface area contributed by atoms with Gasteiger partial charge in [0.2, 0.25) is 0 Å². The van der Waals surface area contributed by atoms with E-state index in [0.29, 0.717) is 5.75 Å². The molecular weight excluding hydrogens is 252 g/mol. The van der Waals surface area contributed by atoms with Crippen molar-refractivity contribution in [2.75, 3.05) is 30.4 Å². The second-order valence-corrected chi connectivity index (χ2v) is 5.84. The van der Waals surface area contributed by atoms with Gasteiger partial charge in [0, 0.05) is 24.1 Å². The van der Waals surface area contributed by atoms with Gasteiger partial charge in [0.25, 0.3) is 0 Å². The van der Waals surface area contributed by atoms with Crippen LogP contribution in [0.15, 0.2) is 29.3 Å². The Labute approximate surface area is 109 Å². The van der Waals surface area contributed by atoms with Crippen LogP contribution in [-0.4, -0.2) is 35.3 Å². The van der Waals surface area contributed by atoms with Crippen molar-refractivity contribution in [2.24, 2.45) is 4.99 Å². The number of anilines is 1. The van der Waals surface area contributed by atoms with Gasteiger partial charge in [-0.2, -0.15) is 0 Å². The quantitative estimate of drug-likeness (QED) is 0.851. The highest BCUT2D eigenvalue weighted by Gasteiger charge is 2.12. The van der Waals surface area contributed by atoms with Crippen LogP contribution in [0, 0.1) is 0 Å². The molecule has 0 aromatic heterocycles. The van der Waals surface area contributed by atoms with E-state index in [2.05, 4.69) is 10.3 Å². The molecule has 0 spiro atoms. The molecule has 1 heterocycles. The highest BCUT2D eigenvalue weighted by atomic mass is 32.2. The summed E-state index contributed by atoms with van der Waals surface area (Å²) < 4.78 is 1.04. The number of aliphatic imine (C=N–C) groups is 1. The van der Waals surface area contributed by atoms with E-state index in [1.54, 1.807) is 23.5 Å². The van der Waals surface area contributed by atoms with E-state index in [-0.39, 0.29) is 5.78 Å². The van der Waals surface area contributed by atoms with Gasteiger partial charge in [0.1, 0.15) is 4.38 Å². The Hall–Kier alpha value is -0.940. The van der Waals surface area contributed by atoms with Crippen LogP contribution in [0.3, 0.4) is 0 Å². The number of ketones is 1. The summed E-state index contributed by atoms with van der Waals surface area (Å²) in [5.74, 6) is 1.67. The lowest BCUT2D eigenvalue weighted by Gasteiger charge is -2.04. The van der Waals surface area contributed by atoms with Crippen LogP contribution in [-0.2, 0) is 0 Å². The number of carbonyl (C=O) groups is 1. The topological polar surface area (TPSA) is 41.5 Å². The molecule has 0 unspecified atom stereocenters. The highest BCUT2D eigenvalue weighted by Crippen LogP contribution is 2.23. The molecular formula is C12H14N2OS2. The summed E-state index contributed by atoms with van der Waals surface area (Å²) in [6.07, 6.45) is 0. The average Bonchev–Trinajstić information content (AvgIpc) is 2.89. The summed E-state index contributed by atoms with van der Waals surface area (Å²) in [4.78, 5) is 16.3. The van der Waals surface area contributed by atoms with Crippen molar-refractivity contribution in [3.05, 3.63) is 29.8 Å². The SMILES string of the molecule is CNc1cccc(C(=O)CSC2=NCCS2)c1. The molecule has 2 rings (SSSR count). The molecule has 0 aliphatic carbocycles. The molecule has 0 radical (unpaired) electrons. The molecule has 0 saturated heterocycles. The van der Waals surface area contributed by atoms with E-state index >= 15 is 0 Å². The fraction of sp³-hybridized carbons (Fsp3) is 0.333. The van der Waals surface area contributed by atoms with Crippen LogP contribution in [0.5, 0.6) is 0 Å². The summed E-state index contributed by atoms with van der Waals surface area (Å²) in [5.41, 5.74) is 1.72. The normalized spacial score (nSPS) is 14.5. The van der Waals surface area contributed by atoms with Crippen molar-refractivity contribution >= 4 is 39.4 Å². The van der Waals surface area contributed by atoms with E-state index in [1.807, 2.05) is 31.3 Å². The first-order valence-electron chi connectivity index (χ1n) is 5.40. The van der Waals surface area contributed by atoms with Gasteiger partial charge in [-0.3, -0.25) is 9.79 Å². The van der Waals surface area contributed by atoms with Gasteiger partial charge in [-0.1, -0.05) is 35.7 Å². The number of nitrogens with zero attached hydrogens (tertiary/aromatic N) is 1. The Morgan fingerprint density at radius 2 is 2.47 bits per heavy atom. The van der Waals surface area contributed by atoms with Crippen molar-refractivity contribution < 1.29 is 4.79 Å². The van der Waals surface area contributed by atoms with Gasteiger partial charge < -0.3 is 5.32 Å². The minimum atomic E-state index is 0.155. The van der Waals surface area contributed by atoms with Crippen LogP contribution in [0.4, 0.5) is 5.69 Å². The first-order valence-corrected chi connectivity index (χ1v) is 7.38. The summed E-state index contributed by atoms with van der Waals surface area (Å²) >= 11 is 3.28. The molecule has 1 aromatic rings. The zero-order chi connectivity index (χ0) is 12.1. The Kier molecular flexibility index (Phi) is 4.50. The molecule has 1 aliphatic rings. The molecule has 3 nitrogen and oxygen atoms in total. The van der Waals surface area contributed by atoms with Crippen molar-refractivity contribution in [1.29, 1.82) is 0 Å². The minimum Gasteiger partial charge on any atom is -0.388 e. The number of thioether (sulfide) groups is 2. The standard InChI is InChI=1S/C12H14N2OS2/c1-13-10-4-2-3-9(7-10)11(15)8-17-12-14-5-6-16-12/h2-4,7,13H,5-6,8H2,1H3. The summed E-state index contributed by atoms with van der Waals surface area (Å²) in [6.45, 7) is 0.885. The van der Waals surface area contributed by atoms with Crippen LogP contribution in [0.25, 0.3) is 0 Å². The van der Waals surface area contributed by atoms with Gasteiger partial charge in [-0.15, -0.1) is 0 Å². The predicted octanol–water partition coefficient (Wildman–Crippen LogP) is 2.75. The van der Waals surface area contributed by atoms with Crippen LogP contribution >= 0.6 is 23.5 Å². The first kappa shape index (κ1) is 12.5. The molecule has 0 atom stereocenters. The Morgan fingerprint density at radius 3 is 3.18 bits per heavy atom. The molecule has 1 aromatic carbocycles. The monoisotopic (exact) mass is 266 g/mol. The second kappa shape index (κ2) is 6.12. The highest BCUT2D eigenvalue weighted by molar-refractivity contribution is 8.39. The summed E-state index contributed by atoms with van der Waals surface area (Å²) in [6, 6.07) is 7.58. The smallest absolute Gasteiger partial charge is 0.173 e. The lowest BCUT2D eigenvalue weighted by Crippen LogP contribution is -2.04. The second-order valence-electron chi connectivity index (χ2n) is 3.54. The zero-order valence-electron chi connectivity index (χ0n) is 9.60. The Bertz CT molecular complexity index is 446. The van der Waals surface area contributed by atoms with Gasteiger partial charge in [-0.05, 0) is 12.1 Å². The number of carbonyl (C=O) groups excluding carboxylic acids is 1. The van der Waals surface area contributed by atoms with E-state index in [1.165, 1.54) is 0 Å². The fourth-order valence-electron chi connectivity index (χ4n) is 1.46. The number of hydrogen-bond acceptors (Lipinski definition) is 5. The van der Waals surface area contributed by atoms with E-state index in [0.717, 1.165) is 27.9 Å². The molecule has 5 heteroatoms. The van der Waals surface area contributed by atoms with Gasteiger partial charge in [-0.25, -0.2) is 0 Å². The third-order valence-electron chi connectivity index (χ3n) is 2.36. The maximum absolute atomic E-state index is 12.0. The maximum atomic E-state index is 12.0. The number of nitrogens with one attached hydrogen (secondary N) is 1. The van der Waals surface area contributed by atoms with Crippen molar-refractivity contribution in [3.8, 4) is 0 Å². The molecule has 17 heavy (non-hydrogen) atoms. The molecule has 0 bridgehead atoms. The largest absolute Gasteiger partial charge is 0.388 e. The third kappa shape index (κ3) is 3.51. The number of rotatable bonds is 4. The van der Waals surface area contributed by atoms with E-state index in [9.17, 15) is 4.79 Å². The number of hydrogen-bond donors (Lipinski definition) is 1. The minimum absolute atomic E-state index is 0.155. The van der Waals surface area contributed by atoms with Crippen LogP contribution in [0.1, 0.15) is 10.4 Å². The predicted molar refractivity (Wildman–Crippen MR) is 77.5 cm³/mol. The van der Waals surface area contributed by atoms with Crippen LogP contribution < -0.4 is 5.32 Å². The summed E-state index contributed by atoms with van der Waals surface area (Å²) in [7, 11) is 1.85. The van der Waals surface area contributed by atoms with Crippen LogP contribution in [0.2, 0.25) is 0 Å². The van der Waals surface area contributed by atoms with E-state index < -0.39 is 0 Å².